The molecule has 2 aliphatic rings. The maximum atomic E-state index is 13.7. The lowest BCUT2D eigenvalue weighted by molar-refractivity contribution is -0.147. The summed E-state index contributed by atoms with van der Waals surface area (Å²) < 4.78 is 17.6. The number of carbonyl (C=O) groups is 2. The number of carbonyl (C=O) groups excluding carboxylic acids is 2. The van der Waals surface area contributed by atoms with E-state index in [2.05, 4.69) is 17.4 Å². The average molecular weight is 520 g/mol. The summed E-state index contributed by atoms with van der Waals surface area (Å²) in [6.45, 7) is 13.9. The molecule has 0 saturated carbocycles. The Kier molecular flexibility index (Phi) is 7.70. The van der Waals surface area contributed by atoms with Crippen molar-refractivity contribution in [1.82, 2.24) is 5.32 Å². The van der Waals surface area contributed by atoms with Gasteiger partial charge in [0.15, 0.2) is 0 Å². The van der Waals surface area contributed by atoms with Crippen LogP contribution in [0.4, 0.5) is 0 Å². The highest BCUT2D eigenvalue weighted by atomic mass is 16.5. The third kappa shape index (κ3) is 5.63. The second-order valence-corrected chi connectivity index (χ2v) is 11.0. The summed E-state index contributed by atoms with van der Waals surface area (Å²) >= 11 is 0. The van der Waals surface area contributed by atoms with Gasteiger partial charge in [0.1, 0.15) is 11.9 Å². The predicted molar refractivity (Wildman–Crippen MR) is 144 cm³/mol. The first-order valence-electron chi connectivity index (χ1n) is 13.0. The largest absolute Gasteiger partial charge is 0.508 e. The van der Waals surface area contributed by atoms with E-state index in [0.717, 1.165) is 22.3 Å². The van der Waals surface area contributed by atoms with E-state index in [0.29, 0.717) is 29.0 Å². The standard InChI is InChI=1S/C31H37NO6/c1-8-36-29(34)28-23(16-37-31(5,6)7)32-22-15-24(25-18(3)12-17(2)13-19(25)4)38-30(35)27(22)26(28)20-10-9-11-21(33)14-20/h9-14,24,26,32-33H,8,15-16H2,1-7H3/t24-,26?/m0/s1. The van der Waals surface area contributed by atoms with Crippen molar-refractivity contribution in [2.75, 3.05) is 13.2 Å². The molecule has 0 aliphatic carbocycles. The fraction of sp³-hybridized carbons (Fsp3) is 0.419. The number of nitrogens with one attached hydrogen (secondary N) is 1. The second kappa shape index (κ2) is 10.7. The van der Waals surface area contributed by atoms with Crippen LogP contribution in [0.15, 0.2) is 58.9 Å². The van der Waals surface area contributed by atoms with E-state index in [4.69, 9.17) is 14.2 Å². The number of aromatic hydroxyl groups is 1. The molecule has 2 atom stereocenters. The number of hydrogen-bond donors (Lipinski definition) is 2. The van der Waals surface area contributed by atoms with Gasteiger partial charge in [0.05, 0.1) is 41.6 Å². The van der Waals surface area contributed by atoms with Crippen LogP contribution < -0.4 is 5.32 Å². The Bertz CT molecular complexity index is 1310. The smallest absolute Gasteiger partial charge is 0.337 e. The zero-order valence-corrected chi connectivity index (χ0v) is 23.2. The molecule has 0 fully saturated rings. The van der Waals surface area contributed by atoms with Gasteiger partial charge >= 0.3 is 11.9 Å². The van der Waals surface area contributed by atoms with Crippen molar-refractivity contribution in [3.05, 3.63) is 86.8 Å². The fourth-order valence-electron chi connectivity index (χ4n) is 5.38. The van der Waals surface area contributed by atoms with Crippen LogP contribution in [0.5, 0.6) is 5.75 Å². The molecule has 0 bridgehead atoms. The molecule has 0 amide bonds. The Morgan fingerprint density at radius 2 is 1.82 bits per heavy atom. The van der Waals surface area contributed by atoms with E-state index in [-0.39, 0.29) is 24.5 Å². The zero-order chi connectivity index (χ0) is 27.8. The van der Waals surface area contributed by atoms with Gasteiger partial charge in [-0.15, -0.1) is 0 Å². The lowest BCUT2D eigenvalue weighted by Gasteiger charge is -2.38. The van der Waals surface area contributed by atoms with Gasteiger partial charge in [0, 0.05) is 12.1 Å². The molecule has 202 valence electrons. The van der Waals surface area contributed by atoms with Crippen molar-refractivity contribution in [3.8, 4) is 5.75 Å². The number of ether oxygens (including phenoxy) is 3. The van der Waals surface area contributed by atoms with Crippen molar-refractivity contribution in [2.45, 2.75) is 72.5 Å². The SMILES string of the molecule is CCOC(=O)C1=C(COC(C)(C)C)NC2=C(C(=O)O[C@H](c3c(C)cc(C)cc3C)C2)C1c1cccc(O)c1. The van der Waals surface area contributed by atoms with Crippen molar-refractivity contribution in [1.29, 1.82) is 0 Å². The Balaban J connectivity index is 1.87. The number of benzene rings is 2. The maximum absolute atomic E-state index is 13.7. The number of phenols is 1. The van der Waals surface area contributed by atoms with Gasteiger partial charge in [0.25, 0.3) is 0 Å². The summed E-state index contributed by atoms with van der Waals surface area (Å²) in [5, 5.41) is 13.7. The molecule has 2 N–H and O–H groups in total. The first-order chi connectivity index (χ1) is 17.9. The first-order valence-corrected chi connectivity index (χ1v) is 13.0. The monoisotopic (exact) mass is 519 g/mol. The molecule has 0 spiro atoms. The van der Waals surface area contributed by atoms with Crippen molar-refractivity contribution in [2.24, 2.45) is 0 Å². The predicted octanol–water partition coefficient (Wildman–Crippen LogP) is 5.58. The third-order valence-corrected chi connectivity index (χ3v) is 6.80. The number of esters is 2. The Morgan fingerprint density at radius 1 is 1.13 bits per heavy atom. The van der Waals surface area contributed by atoms with Crippen LogP contribution in [0.25, 0.3) is 0 Å². The summed E-state index contributed by atoms with van der Waals surface area (Å²) in [6.07, 6.45) is -0.0657. The Labute approximate surface area is 224 Å². The molecule has 0 saturated heterocycles. The van der Waals surface area contributed by atoms with Crippen LogP contribution in [-0.4, -0.2) is 35.9 Å². The summed E-state index contributed by atoms with van der Waals surface area (Å²) in [7, 11) is 0. The second-order valence-electron chi connectivity index (χ2n) is 11.0. The molecule has 7 nitrogen and oxygen atoms in total. The van der Waals surface area contributed by atoms with Crippen molar-refractivity contribution < 1.29 is 28.9 Å². The van der Waals surface area contributed by atoms with Crippen LogP contribution in [0.2, 0.25) is 0 Å². The molecule has 2 aromatic carbocycles. The molecule has 2 heterocycles. The van der Waals surface area contributed by atoms with Crippen molar-refractivity contribution in [3.63, 3.8) is 0 Å². The van der Waals surface area contributed by atoms with Gasteiger partial charge in [-0.2, -0.15) is 0 Å². The first kappa shape index (κ1) is 27.5. The van der Waals surface area contributed by atoms with Crippen LogP contribution in [0.1, 0.15) is 74.0 Å². The molecule has 1 unspecified atom stereocenters. The number of phenolic OH excluding ortho intramolecular Hbond substituents is 1. The van der Waals surface area contributed by atoms with Gasteiger partial charge < -0.3 is 24.6 Å². The van der Waals surface area contributed by atoms with E-state index in [1.807, 2.05) is 41.5 Å². The Morgan fingerprint density at radius 3 is 2.42 bits per heavy atom. The topological polar surface area (TPSA) is 94.1 Å². The minimum atomic E-state index is -0.787. The highest BCUT2D eigenvalue weighted by Gasteiger charge is 2.44. The lowest BCUT2D eigenvalue weighted by atomic mass is 9.77. The van der Waals surface area contributed by atoms with Gasteiger partial charge in [-0.3, -0.25) is 0 Å². The number of aryl methyl sites for hydroxylation is 3. The Hall–Kier alpha value is -3.58. The fourth-order valence-corrected chi connectivity index (χ4v) is 5.38. The number of hydrogen-bond acceptors (Lipinski definition) is 7. The lowest BCUT2D eigenvalue weighted by Crippen LogP contribution is -2.39. The summed E-state index contributed by atoms with van der Waals surface area (Å²) in [5.41, 5.74) is 6.22. The molecular weight excluding hydrogens is 482 g/mol. The van der Waals surface area contributed by atoms with Crippen LogP contribution in [-0.2, 0) is 23.8 Å². The molecule has 4 rings (SSSR count). The minimum Gasteiger partial charge on any atom is -0.508 e. The number of dihydropyridines is 1. The van der Waals surface area contributed by atoms with Gasteiger partial charge in [-0.1, -0.05) is 29.8 Å². The summed E-state index contributed by atoms with van der Waals surface area (Å²) in [4.78, 5) is 27.1. The average Bonchev–Trinajstić information content (AvgIpc) is 2.80. The maximum Gasteiger partial charge on any atom is 0.337 e. The number of cyclic esters (lactones) is 1. The van der Waals surface area contributed by atoms with Crippen LogP contribution in [0.3, 0.4) is 0 Å². The van der Waals surface area contributed by atoms with Gasteiger partial charge in [-0.05, 0) is 82.9 Å². The van der Waals surface area contributed by atoms with Crippen molar-refractivity contribution >= 4 is 11.9 Å². The third-order valence-electron chi connectivity index (χ3n) is 6.80. The molecule has 0 radical (unpaired) electrons. The molecule has 7 heteroatoms. The highest BCUT2D eigenvalue weighted by Crippen LogP contribution is 2.46. The van der Waals surface area contributed by atoms with Crippen LogP contribution >= 0.6 is 0 Å². The van der Waals surface area contributed by atoms with E-state index in [9.17, 15) is 14.7 Å². The summed E-state index contributed by atoms with van der Waals surface area (Å²) in [6, 6.07) is 10.8. The quantitative estimate of drug-likeness (QED) is 0.481. The molecular formula is C31H37NO6. The van der Waals surface area contributed by atoms with E-state index >= 15 is 0 Å². The zero-order valence-electron chi connectivity index (χ0n) is 23.2. The summed E-state index contributed by atoms with van der Waals surface area (Å²) in [5.74, 6) is -1.81. The van der Waals surface area contributed by atoms with E-state index in [1.165, 1.54) is 0 Å². The molecule has 2 aromatic rings. The van der Waals surface area contributed by atoms with Crippen LogP contribution in [0, 0.1) is 20.8 Å². The van der Waals surface area contributed by atoms with Gasteiger partial charge in [-0.25, -0.2) is 9.59 Å². The highest BCUT2D eigenvalue weighted by molar-refractivity contribution is 6.00. The molecule has 0 aromatic heterocycles. The molecule has 38 heavy (non-hydrogen) atoms. The van der Waals surface area contributed by atoms with E-state index in [1.54, 1.807) is 31.2 Å². The minimum absolute atomic E-state index is 0.0341. The molecule has 2 aliphatic heterocycles. The van der Waals surface area contributed by atoms with E-state index < -0.39 is 29.6 Å². The number of rotatable bonds is 6. The normalized spacial score (nSPS) is 19.6. The van der Waals surface area contributed by atoms with Gasteiger partial charge in [0.2, 0.25) is 0 Å².